The summed E-state index contributed by atoms with van der Waals surface area (Å²) >= 11 is 0. The highest BCUT2D eigenvalue weighted by molar-refractivity contribution is 5.97. The molecule has 1 aliphatic heterocycles. The lowest BCUT2D eigenvalue weighted by Crippen LogP contribution is -2.30. The van der Waals surface area contributed by atoms with Gasteiger partial charge in [-0.25, -0.2) is 9.78 Å². The molecule has 7 nitrogen and oxygen atoms in total. The zero-order valence-electron chi connectivity index (χ0n) is 16.7. The summed E-state index contributed by atoms with van der Waals surface area (Å²) in [4.78, 5) is 34.0. The molecular weight excluding hydrogens is 390 g/mol. The molecule has 4 aromatic rings. The molecule has 1 aromatic heterocycles. The number of hydrogen-bond acceptors (Lipinski definition) is 3. The van der Waals surface area contributed by atoms with Crippen molar-refractivity contribution in [2.75, 3.05) is 18.0 Å². The largest absolute Gasteiger partial charge is 0.345 e. The van der Waals surface area contributed by atoms with Gasteiger partial charge in [-0.1, -0.05) is 36.4 Å². The molecule has 0 saturated carbocycles. The summed E-state index contributed by atoms with van der Waals surface area (Å²) in [5.74, 6) is -0.184. The second kappa shape index (κ2) is 7.95. The van der Waals surface area contributed by atoms with Crippen LogP contribution >= 0.6 is 0 Å². The van der Waals surface area contributed by atoms with Crippen LogP contribution in [0.25, 0.3) is 11.0 Å². The average molecular weight is 411 g/mol. The molecule has 31 heavy (non-hydrogen) atoms. The zero-order valence-corrected chi connectivity index (χ0v) is 16.7. The fraction of sp³-hybridized carbons (Fsp3) is 0.125. The Balaban J connectivity index is 1.42. The third-order valence-corrected chi connectivity index (χ3v) is 5.48. The van der Waals surface area contributed by atoms with Crippen LogP contribution in [0.5, 0.6) is 0 Å². The number of carbonyl (C=O) groups is 2. The SMILES string of the molecule is O=C(NC(c1ccccc1)c1ccc2nc[nH]c2c1)c1ccc(N2CCNC2=O)cc1. The summed E-state index contributed by atoms with van der Waals surface area (Å²) in [6, 6.07) is 22.5. The van der Waals surface area contributed by atoms with Crippen LogP contribution < -0.4 is 15.5 Å². The van der Waals surface area contributed by atoms with Crippen LogP contribution in [-0.2, 0) is 0 Å². The monoisotopic (exact) mass is 411 g/mol. The van der Waals surface area contributed by atoms with Gasteiger partial charge < -0.3 is 15.6 Å². The van der Waals surface area contributed by atoms with Gasteiger partial charge in [0.2, 0.25) is 0 Å². The Bertz CT molecular complexity index is 1230. The van der Waals surface area contributed by atoms with Gasteiger partial charge in [0.05, 0.1) is 23.4 Å². The molecule has 1 aliphatic rings. The van der Waals surface area contributed by atoms with Gasteiger partial charge in [-0.2, -0.15) is 0 Å². The fourth-order valence-electron chi connectivity index (χ4n) is 3.86. The van der Waals surface area contributed by atoms with E-state index >= 15 is 0 Å². The third kappa shape index (κ3) is 3.73. The predicted octanol–water partition coefficient (Wildman–Crippen LogP) is 3.61. The molecular formula is C24H21N5O2. The Kier molecular flexibility index (Phi) is 4.84. The summed E-state index contributed by atoms with van der Waals surface area (Å²) < 4.78 is 0. The second-order valence-electron chi connectivity index (χ2n) is 7.43. The molecule has 0 aliphatic carbocycles. The maximum atomic E-state index is 13.1. The predicted molar refractivity (Wildman–Crippen MR) is 119 cm³/mol. The van der Waals surface area contributed by atoms with E-state index in [1.54, 1.807) is 35.5 Å². The van der Waals surface area contributed by atoms with E-state index in [9.17, 15) is 9.59 Å². The van der Waals surface area contributed by atoms with Crippen molar-refractivity contribution in [3.05, 3.63) is 95.8 Å². The van der Waals surface area contributed by atoms with E-state index in [0.717, 1.165) is 27.8 Å². The summed E-state index contributed by atoms with van der Waals surface area (Å²) in [6.07, 6.45) is 1.66. The smallest absolute Gasteiger partial charge is 0.321 e. The Morgan fingerprint density at radius 2 is 1.81 bits per heavy atom. The Hall–Kier alpha value is -4.13. The number of carbonyl (C=O) groups excluding carboxylic acids is 2. The second-order valence-corrected chi connectivity index (χ2v) is 7.43. The third-order valence-electron chi connectivity index (χ3n) is 5.48. The van der Waals surface area contributed by atoms with Crippen LogP contribution in [0.4, 0.5) is 10.5 Å². The number of hydrogen-bond donors (Lipinski definition) is 3. The van der Waals surface area contributed by atoms with E-state index in [0.29, 0.717) is 18.7 Å². The summed E-state index contributed by atoms with van der Waals surface area (Å²) in [7, 11) is 0. The van der Waals surface area contributed by atoms with E-state index in [2.05, 4.69) is 20.6 Å². The number of benzene rings is 3. The van der Waals surface area contributed by atoms with Crippen molar-refractivity contribution < 1.29 is 9.59 Å². The molecule has 3 aromatic carbocycles. The van der Waals surface area contributed by atoms with Crippen molar-refractivity contribution in [3.8, 4) is 0 Å². The van der Waals surface area contributed by atoms with Crippen LogP contribution in [0.2, 0.25) is 0 Å². The topological polar surface area (TPSA) is 90.1 Å². The molecule has 0 spiro atoms. The van der Waals surface area contributed by atoms with E-state index < -0.39 is 0 Å². The van der Waals surface area contributed by atoms with Crippen molar-refractivity contribution in [1.82, 2.24) is 20.6 Å². The van der Waals surface area contributed by atoms with Crippen LogP contribution in [0.3, 0.4) is 0 Å². The number of nitrogens with one attached hydrogen (secondary N) is 3. The van der Waals surface area contributed by atoms with Crippen LogP contribution in [-0.4, -0.2) is 35.0 Å². The number of anilines is 1. The maximum Gasteiger partial charge on any atom is 0.321 e. The Labute approximate surface area is 179 Å². The number of urea groups is 1. The molecule has 0 radical (unpaired) electrons. The minimum absolute atomic E-state index is 0.115. The van der Waals surface area contributed by atoms with Gasteiger partial charge in [0, 0.05) is 24.3 Å². The van der Waals surface area contributed by atoms with Crippen molar-refractivity contribution in [1.29, 1.82) is 0 Å². The summed E-state index contributed by atoms with van der Waals surface area (Å²) in [5, 5.41) is 5.93. The molecule has 5 rings (SSSR count). The van der Waals surface area contributed by atoms with E-state index in [1.165, 1.54) is 0 Å². The van der Waals surface area contributed by atoms with E-state index in [-0.39, 0.29) is 18.0 Å². The quantitative estimate of drug-likeness (QED) is 0.469. The zero-order chi connectivity index (χ0) is 21.2. The molecule has 154 valence electrons. The highest BCUT2D eigenvalue weighted by atomic mass is 16.2. The van der Waals surface area contributed by atoms with Crippen molar-refractivity contribution in [2.24, 2.45) is 0 Å². The molecule has 7 heteroatoms. The minimum Gasteiger partial charge on any atom is -0.345 e. The number of aromatic nitrogens is 2. The van der Waals surface area contributed by atoms with Gasteiger partial charge in [0.25, 0.3) is 5.91 Å². The van der Waals surface area contributed by atoms with Crippen LogP contribution in [0, 0.1) is 0 Å². The summed E-state index contributed by atoms with van der Waals surface area (Å²) in [5.41, 5.74) is 5.05. The summed E-state index contributed by atoms with van der Waals surface area (Å²) in [6.45, 7) is 1.25. The first kappa shape index (κ1) is 18.9. The number of aromatic amines is 1. The first-order valence-electron chi connectivity index (χ1n) is 10.1. The minimum atomic E-state index is -0.314. The lowest BCUT2D eigenvalue weighted by Gasteiger charge is -2.20. The highest BCUT2D eigenvalue weighted by Gasteiger charge is 2.22. The number of amides is 3. The maximum absolute atomic E-state index is 13.1. The van der Waals surface area contributed by atoms with E-state index in [4.69, 9.17) is 0 Å². The van der Waals surface area contributed by atoms with E-state index in [1.807, 2.05) is 48.5 Å². The molecule has 3 amide bonds. The fourth-order valence-corrected chi connectivity index (χ4v) is 3.86. The average Bonchev–Trinajstić information content (AvgIpc) is 3.46. The lowest BCUT2D eigenvalue weighted by atomic mass is 9.97. The highest BCUT2D eigenvalue weighted by Crippen LogP contribution is 2.25. The lowest BCUT2D eigenvalue weighted by molar-refractivity contribution is 0.0943. The molecule has 1 fully saturated rings. The van der Waals surface area contributed by atoms with Gasteiger partial charge in [-0.15, -0.1) is 0 Å². The molecule has 0 bridgehead atoms. The van der Waals surface area contributed by atoms with Crippen molar-refractivity contribution >= 4 is 28.7 Å². The van der Waals surface area contributed by atoms with Crippen LogP contribution in [0.1, 0.15) is 27.5 Å². The molecule has 3 N–H and O–H groups in total. The Morgan fingerprint density at radius 1 is 1.00 bits per heavy atom. The molecule has 1 unspecified atom stereocenters. The van der Waals surface area contributed by atoms with Gasteiger partial charge in [-0.05, 0) is 47.5 Å². The number of imidazole rings is 1. The molecule has 2 heterocycles. The van der Waals surface area contributed by atoms with Crippen LogP contribution in [0.15, 0.2) is 79.1 Å². The van der Waals surface area contributed by atoms with Crippen molar-refractivity contribution in [2.45, 2.75) is 6.04 Å². The first-order valence-corrected chi connectivity index (χ1v) is 10.1. The number of H-pyrrole nitrogens is 1. The Morgan fingerprint density at radius 3 is 2.55 bits per heavy atom. The normalized spacial score (nSPS) is 14.5. The standard InChI is InChI=1S/C24H21N5O2/c30-23(17-6-9-19(10-7-17)29-13-12-25-24(29)31)28-22(16-4-2-1-3-5-16)18-8-11-20-21(14-18)27-15-26-20/h1-11,14-15,22H,12-13H2,(H,25,31)(H,26,27)(H,28,30). The van der Waals surface area contributed by atoms with Gasteiger partial charge >= 0.3 is 6.03 Å². The number of fused-ring (bicyclic) bond motifs is 1. The van der Waals surface area contributed by atoms with Gasteiger partial charge in [0.15, 0.2) is 0 Å². The van der Waals surface area contributed by atoms with Gasteiger partial charge in [-0.3, -0.25) is 9.69 Å². The number of rotatable bonds is 5. The van der Waals surface area contributed by atoms with Gasteiger partial charge in [0.1, 0.15) is 0 Å². The first-order chi connectivity index (χ1) is 15.2. The molecule has 1 saturated heterocycles. The molecule has 1 atom stereocenters. The number of nitrogens with zero attached hydrogens (tertiary/aromatic N) is 2. The van der Waals surface area contributed by atoms with Crippen molar-refractivity contribution in [3.63, 3.8) is 0 Å².